The Bertz CT molecular complexity index is 519. The Morgan fingerprint density at radius 3 is 2.93 bits per heavy atom. The van der Waals surface area contributed by atoms with Gasteiger partial charge in [-0.1, -0.05) is 27.5 Å². The smallest absolute Gasteiger partial charge is 0.198 e. The fraction of sp³-hybridized carbons (Fsp3) is 0.364. The number of oxazole rings is 1. The number of hydrogen-bond acceptors (Lipinski definition) is 2. The first kappa shape index (κ1) is 9.67. The van der Waals surface area contributed by atoms with E-state index in [9.17, 15) is 0 Å². The van der Waals surface area contributed by atoms with Crippen LogP contribution in [0.5, 0.6) is 0 Å². The minimum atomic E-state index is 0.545. The molecule has 1 aromatic carbocycles. The lowest BCUT2D eigenvalue weighted by molar-refractivity contribution is 0.533. The van der Waals surface area contributed by atoms with Crippen molar-refractivity contribution < 1.29 is 4.42 Å². The normalized spacial score (nSPS) is 16.1. The van der Waals surface area contributed by atoms with Gasteiger partial charge in [-0.15, -0.1) is 0 Å². The summed E-state index contributed by atoms with van der Waals surface area (Å²) in [6, 6.07) is 3.84. The summed E-state index contributed by atoms with van der Waals surface area (Å²) in [5.41, 5.74) is 2.77. The highest BCUT2D eigenvalue weighted by Gasteiger charge is 2.29. The average Bonchev–Trinajstić information content (AvgIpc) is 2.99. The van der Waals surface area contributed by atoms with Gasteiger partial charge in [0.15, 0.2) is 11.5 Å². The molecule has 0 amide bonds. The number of alkyl halides is 1. The lowest BCUT2D eigenvalue weighted by Crippen LogP contribution is -1.80. The van der Waals surface area contributed by atoms with Crippen LogP contribution in [-0.4, -0.2) is 4.98 Å². The molecule has 0 aliphatic heterocycles. The monoisotopic (exact) mass is 285 g/mol. The van der Waals surface area contributed by atoms with Crippen molar-refractivity contribution in [1.29, 1.82) is 0 Å². The summed E-state index contributed by atoms with van der Waals surface area (Å²) >= 11 is 9.49. The zero-order chi connectivity index (χ0) is 10.4. The molecule has 1 fully saturated rings. The van der Waals surface area contributed by atoms with Gasteiger partial charge in [0.1, 0.15) is 5.52 Å². The molecule has 1 saturated carbocycles. The second kappa shape index (κ2) is 3.49. The zero-order valence-corrected chi connectivity index (χ0v) is 10.3. The molecule has 1 aliphatic carbocycles. The largest absolute Gasteiger partial charge is 0.440 e. The maximum absolute atomic E-state index is 6.09. The van der Waals surface area contributed by atoms with Crippen LogP contribution >= 0.6 is 27.5 Å². The van der Waals surface area contributed by atoms with Crippen molar-refractivity contribution >= 4 is 38.6 Å². The molecule has 0 saturated heterocycles. The molecule has 1 heterocycles. The van der Waals surface area contributed by atoms with E-state index in [2.05, 4.69) is 20.9 Å². The summed E-state index contributed by atoms with van der Waals surface area (Å²) < 4.78 is 5.66. The number of benzene rings is 1. The van der Waals surface area contributed by atoms with Crippen LogP contribution in [0.2, 0.25) is 5.02 Å². The SMILES string of the molecule is Clc1cc2oc(C3CC3)nc2cc1CBr. The summed E-state index contributed by atoms with van der Waals surface area (Å²) in [5.74, 6) is 1.41. The molecule has 1 aromatic heterocycles. The minimum Gasteiger partial charge on any atom is -0.440 e. The first-order chi connectivity index (χ1) is 7.28. The Kier molecular flexibility index (Phi) is 2.25. The van der Waals surface area contributed by atoms with Gasteiger partial charge in [0.2, 0.25) is 0 Å². The Hall–Kier alpha value is -0.540. The molecule has 0 unspecified atom stereocenters. The van der Waals surface area contributed by atoms with Crippen LogP contribution in [0.15, 0.2) is 16.5 Å². The molecule has 78 valence electrons. The van der Waals surface area contributed by atoms with E-state index in [0.29, 0.717) is 5.92 Å². The van der Waals surface area contributed by atoms with Gasteiger partial charge in [0.05, 0.1) is 0 Å². The van der Waals surface area contributed by atoms with Crippen molar-refractivity contribution in [2.45, 2.75) is 24.1 Å². The predicted octanol–water partition coefficient (Wildman–Crippen LogP) is 4.25. The summed E-state index contributed by atoms with van der Waals surface area (Å²) in [7, 11) is 0. The van der Waals surface area contributed by atoms with Crippen molar-refractivity contribution in [2.75, 3.05) is 0 Å². The highest BCUT2D eigenvalue weighted by molar-refractivity contribution is 9.08. The molecule has 4 heteroatoms. The highest BCUT2D eigenvalue weighted by Crippen LogP contribution is 2.41. The summed E-state index contributed by atoms with van der Waals surface area (Å²) in [4.78, 5) is 4.48. The van der Waals surface area contributed by atoms with Crippen LogP contribution in [0.25, 0.3) is 11.1 Å². The number of hydrogen-bond donors (Lipinski definition) is 0. The number of aromatic nitrogens is 1. The zero-order valence-electron chi connectivity index (χ0n) is 7.96. The molecule has 1 aliphatic rings. The summed E-state index contributed by atoms with van der Waals surface area (Å²) in [5, 5.41) is 1.48. The van der Waals surface area contributed by atoms with Crippen LogP contribution in [0.1, 0.15) is 30.2 Å². The maximum atomic E-state index is 6.09. The average molecular weight is 287 g/mol. The van der Waals surface area contributed by atoms with Gasteiger partial charge < -0.3 is 4.42 Å². The molecule has 0 spiro atoms. The molecular weight excluding hydrogens is 277 g/mol. The van der Waals surface area contributed by atoms with E-state index in [1.165, 1.54) is 12.8 Å². The molecule has 0 N–H and O–H groups in total. The van der Waals surface area contributed by atoms with E-state index in [1.54, 1.807) is 0 Å². The minimum absolute atomic E-state index is 0.545. The van der Waals surface area contributed by atoms with Crippen LogP contribution in [-0.2, 0) is 5.33 Å². The van der Waals surface area contributed by atoms with Gasteiger partial charge in [-0.2, -0.15) is 0 Å². The van der Waals surface area contributed by atoms with Gasteiger partial charge in [0.25, 0.3) is 0 Å². The molecule has 2 nitrogen and oxygen atoms in total. The van der Waals surface area contributed by atoms with Gasteiger partial charge in [-0.05, 0) is 24.5 Å². The Morgan fingerprint density at radius 2 is 2.27 bits per heavy atom. The quantitative estimate of drug-likeness (QED) is 0.771. The van der Waals surface area contributed by atoms with Crippen molar-refractivity contribution in [1.82, 2.24) is 4.98 Å². The van der Waals surface area contributed by atoms with Crippen LogP contribution in [0.4, 0.5) is 0 Å². The summed E-state index contributed by atoms with van der Waals surface area (Å²) in [6.07, 6.45) is 2.40. The first-order valence-corrected chi connectivity index (χ1v) is 6.42. The van der Waals surface area contributed by atoms with Crippen LogP contribution < -0.4 is 0 Å². The second-order valence-electron chi connectivity index (χ2n) is 3.87. The van der Waals surface area contributed by atoms with Crippen LogP contribution in [0.3, 0.4) is 0 Å². The maximum Gasteiger partial charge on any atom is 0.198 e. The molecule has 15 heavy (non-hydrogen) atoms. The fourth-order valence-corrected chi connectivity index (χ4v) is 2.46. The van der Waals surface area contributed by atoms with Crippen molar-refractivity contribution in [3.8, 4) is 0 Å². The van der Waals surface area contributed by atoms with Gasteiger partial charge in [-0.3, -0.25) is 0 Å². The fourth-order valence-electron chi connectivity index (χ4n) is 1.62. The Morgan fingerprint density at radius 1 is 1.47 bits per heavy atom. The third-order valence-electron chi connectivity index (χ3n) is 2.64. The molecular formula is C11H9BrClNO. The number of fused-ring (bicyclic) bond motifs is 1. The van der Waals surface area contributed by atoms with Crippen molar-refractivity contribution in [3.63, 3.8) is 0 Å². The van der Waals surface area contributed by atoms with Gasteiger partial charge in [0, 0.05) is 22.3 Å². The molecule has 3 rings (SSSR count). The van der Waals surface area contributed by atoms with Crippen LogP contribution in [0, 0.1) is 0 Å². The number of halogens is 2. The van der Waals surface area contributed by atoms with E-state index in [-0.39, 0.29) is 0 Å². The Labute approximate surface area is 101 Å². The van der Waals surface area contributed by atoms with E-state index in [0.717, 1.165) is 32.9 Å². The van der Waals surface area contributed by atoms with Gasteiger partial charge in [-0.25, -0.2) is 4.98 Å². The highest BCUT2D eigenvalue weighted by atomic mass is 79.9. The predicted molar refractivity (Wildman–Crippen MR) is 63.6 cm³/mol. The van der Waals surface area contributed by atoms with Gasteiger partial charge >= 0.3 is 0 Å². The van der Waals surface area contributed by atoms with E-state index in [1.807, 2.05) is 12.1 Å². The third-order valence-corrected chi connectivity index (χ3v) is 3.60. The molecule has 0 radical (unpaired) electrons. The molecule has 0 bridgehead atoms. The van der Waals surface area contributed by atoms with E-state index in [4.69, 9.17) is 16.0 Å². The third kappa shape index (κ3) is 1.68. The second-order valence-corrected chi connectivity index (χ2v) is 4.84. The number of rotatable bonds is 2. The Balaban J connectivity index is 2.16. The van der Waals surface area contributed by atoms with Crippen molar-refractivity contribution in [3.05, 3.63) is 28.6 Å². The standard InChI is InChI=1S/C11H9BrClNO/c12-5-7-3-9-10(4-8(7)13)15-11(14-9)6-1-2-6/h3-4,6H,1-2,5H2. The van der Waals surface area contributed by atoms with E-state index >= 15 is 0 Å². The topological polar surface area (TPSA) is 26.0 Å². The molecule has 2 aromatic rings. The first-order valence-electron chi connectivity index (χ1n) is 4.93. The van der Waals surface area contributed by atoms with Crippen molar-refractivity contribution in [2.24, 2.45) is 0 Å². The lowest BCUT2D eigenvalue weighted by Gasteiger charge is -1.97. The lowest BCUT2D eigenvalue weighted by atomic mass is 10.2. The number of nitrogens with zero attached hydrogens (tertiary/aromatic N) is 1. The summed E-state index contributed by atoms with van der Waals surface area (Å²) in [6.45, 7) is 0. The molecule has 0 atom stereocenters. The van der Waals surface area contributed by atoms with E-state index < -0.39 is 0 Å².